The number of fused-ring (bicyclic) bond motifs is 10. The van der Waals surface area contributed by atoms with Crippen molar-refractivity contribution in [2.75, 3.05) is 9.80 Å². The van der Waals surface area contributed by atoms with Crippen molar-refractivity contribution in [3.63, 3.8) is 0 Å². The first-order valence-electron chi connectivity index (χ1n) is 21.1. The number of nitrogens with zero attached hydrogens (tertiary/aromatic N) is 2. The second-order valence-electron chi connectivity index (χ2n) is 17.8. The quantitative estimate of drug-likeness (QED) is 0.171. The fraction of sp³-hybridized carbons (Fsp3) is 0.123. The number of thiophene rings is 1. The van der Waals surface area contributed by atoms with E-state index >= 15 is 0 Å². The van der Waals surface area contributed by atoms with Crippen molar-refractivity contribution in [1.29, 1.82) is 0 Å². The molecular formula is C57H44N2S. The Morgan fingerprint density at radius 1 is 0.467 bits per heavy atom. The Hall–Kier alpha value is -6.68. The van der Waals surface area contributed by atoms with Crippen LogP contribution in [-0.4, -0.2) is 0 Å². The molecule has 3 heteroatoms. The number of anilines is 6. The Morgan fingerprint density at radius 3 is 1.90 bits per heavy atom. The highest BCUT2D eigenvalue weighted by Crippen LogP contribution is 2.57. The van der Waals surface area contributed by atoms with Gasteiger partial charge in [0, 0.05) is 71.9 Å². The van der Waals surface area contributed by atoms with Crippen LogP contribution in [0.4, 0.5) is 34.1 Å². The van der Waals surface area contributed by atoms with Crippen LogP contribution in [-0.2, 0) is 17.3 Å². The standard InChI is InChI=1S/C57H44N2S/c1-56(2)48-19-11-9-17-44(48)45-29-27-42(34-49(45)56)58(43-28-30-46-50(35-43)57(3,4)55-54(46)47-18-10-13-21-53(47)60-55)41-25-22-36(23-26-41)37-24-31-52-39(32-37)33-38-14-8-12-20-51(38)59(52)40-15-6-5-7-16-40/h5-32,34-35H,33H2,1-4H3. The Labute approximate surface area is 356 Å². The van der Waals surface area contributed by atoms with Gasteiger partial charge in [-0.2, -0.15) is 0 Å². The molecule has 9 aromatic rings. The maximum absolute atomic E-state index is 2.48. The van der Waals surface area contributed by atoms with E-state index in [0.29, 0.717) is 0 Å². The van der Waals surface area contributed by atoms with Crippen LogP contribution < -0.4 is 9.80 Å². The van der Waals surface area contributed by atoms with Crippen molar-refractivity contribution < 1.29 is 0 Å². The zero-order valence-electron chi connectivity index (χ0n) is 34.3. The lowest BCUT2D eigenvalue weighted by Crippen LogP contribution is -2.18. The first-order chi connectivity index (χ1) is 29.3. The Bertz CT molecular complexity index is 3190. The van der Waals surface area contributed by atoms with Crippen LogP contribution in [0.1, 0.15) is 60.4 Å². The molecule has 0 saturated heterocycles. The number of hydrogen-bond acceptors (Lipinski definition) is 3. The van der Waals surface area contributed by atoms with Crippen molar-refractivity contribution in [2.45, 2.75) is 44.9 Å². The monoisotopic (exact) mass is 788 g/mol. The minimum Gasteiger partial charge on any atom is -0.310 e. The maximum Gasteiger partial charge on any atom is 0.0497 e. The smallest absolute Gasteiger partial charge is 0.0497 e. The minimum atomic E-state index is -0.107. The fourth-order valence-electron chi connectivity index (χ4n) is 10.6. The highest BCUT2D eigenvalue weighted by molar-refractivity contribution is 7.20. The molecule has 0 atom stereocenters. The topological polar surface area (TPSA) is 6.48 Å². The number of benzene rings is 8. The van der Waals surface area contributed by atoms with Gasteiger partial charge in [0.1, 0.15) is 0 Å². The van der Waals surface area contributed by atoms with Gasteiger partial charge in [0.05, 0.1) is 0 Å². The van der Waals surface area contributed by atoms with Crippen LogP contribution in [0, 0.1) is 0 Å². The normalized spacial score (nSPS) is 14.8. The van der Waals surface area contributed by atoms with Crippen molar-refractivity contribution in [3.8, 4) is 33.4 Å². The fourth-order valence-corrected chi connectivity index (χ4v) is 11.9. The zero-order chi connectivity index (χ0) is 40.3. The third-order valence-electron chi connectivity index (χ3n) is 13.6. The molecule has 1 aliphatic heterocycles. The lowest BCUT2D eigenvalue weighted by Gasteiger charge is -2.33. The average Bonchev–Trinajstić information content (AvgIpc) is 3.86. The van der Waals surface area contributed by atoms with Crippen LogP contribution >= 0.6 is 11.3 Å². The largest absolute Gasteiger partial charge is 0.310 e. The molecule has 2 heterocycles. The summed E-state index contributed by atoms with van der Waals surface area (Å²) in [7, 11) is 0. The van der Waals surface area contributed by atoms with Crippen LogP contribution in [0.5, 0.6) is 0 Å². The molecule has 0 unspecified atom stereocenters. The van der Waals surface area contributed by atoms with Gasteiger partial charge in [0.25, 0.3) is 0 Å². The van der Waals surface area contributed by atoms with E-state index in [1.807, 2.05) is 11.3 Å². The average molecular weight is 789 g/mol. The molecule has 0 spiro atoms. The van der Waals surface area contributed by atoms with Crippen molar-refractivity contribution in [1.82, 2.24) is 0 Å². The van der Waals surface area contributed by atoms with E-state index < -0.39 is 0 Å². The summed E-state index contributed by atoms with van der Waals surface area (Å²) in [4.78, 5) is 6.35. The molecule has 2 aliphatic carbocycles. The molecule has 60 heavy (non-hydrogen) atoms. The van der Waals surface area contributed by atoms with Crippen LogP contribution in [0.2, 0.25) is 0 Å². The summed E-state index contributed by atoms with van der Waals surface area (Å²) >= 11 is 1.95. The molecule has 0 fully saturated rings. The molecule has 0 saturated carbocycles. The number of rotatable bonds is 5. The molecular weight excluding hydrogens is 745 g/mol. The van der Waals surface area contributed by atoms with Crippen molar-refractivity contribution >= 4 is 55.5 Å². The van der Waals surface area contributed by atoms with E-state index in [4.69, 9.17) is 0 Å². The summed E-state index contributed by atoms with van der Waals surface area (Å²) in [5.74, 6) is 0. The van der Waals surface area contributed by atoms with Gasteiger partial charge in [0.15, 0.2) is 0 Å². The van der Waals surface area contributed by atoms with Crippen molar-refractivity contribution in [2.24, 2.45) is 0 Å². The van der Waals surface area contributed by atoms with Gasteiger partial charge in [-0.05, 0) is 128 Å². The Kier molecular flexibility index (Phi) is 7.59. The minimum absolute atomic E-state index is 0.101. The van der Waals surface area contributed by atoms with Gasteiger partial charge in [-0.3, -0.25) is 0 Å². The third kappa shape index (κ3) is 5.12. The predicted octanol–water partition coefficient (Wildman–Crippen LogP) is 16.0. The lowest BCUT2D eigenvalue weighted by atomic mass is 9.82. The summed E-state index contributed by atoms with van der Waals surface area (Å²) in [5.41, 5.74) is 21.7. The van der Waals surface area contributed by atoms with E-state index in [1.165, 1.54) is 105 Å². The van der Waals surface area contributed by atoms with E-state index in [2.05, 4.69) is 219 Å². The highest BCUT2D eigenvalue weighted by Gasteiger charge is 2.40. The second kappa shape index (κ2) is 12.9. The summed E-state index contributed by atoms with van der Waals surface area (Å²) in [6.07, 6.45) is 0.907. The maximum atomic E-state index is 2.48. The molecule has 0 amide bonds. The van der Waals surface area contributed by atoms with Crippen LogP contribution in [0.25, 0.3) is 43.5 Å². The van der Waals surface area contributed by atoms with E-state index in [0.717, 1.165) is 12.1 Å². The molecule has 0 radical (unpaired) electrons. The van der Waals surface area contributed by atoms with E-state index in [-0.39, 0.29) is 10.8 Å². The van der Waals surface area contributed by atoms with Crippen LogP contribution in [0.3, 0.4) is 0 Å². The Morgan fingerprint density at radius 2 is 1.08 bits per heavy atom. The van der Waals surface area contributed by atoms with Gasteiger partial charge in [-0.15, -0.1) is 11.3 Å². The van der Waals surface area contributed by atoms with E-state index in [9.17, 15) is 0 Å². The summed E-state index contributed by atoms with van der Waals surface area (Å²) in [6.45, 7) is 9.55. The Balaban J connectivity index is 0.968. The number of hydrogen-bond donors (Lipinski definition) is 0. The first kappa shape index (κ1) is 35.3. The van der Waals surface area contributed by atoms with Gasteiger partial charge in [-0.1, -0.05) is 137 Å². The molecule has 12 rings (SSSR count). The highest BCUT2D eigenvalue weighted by atomic mass is 32.1. The third-order valence-corrected chi connectivity index (χ3v) is 15.1. The second-order valence-corrected chi connectivity index (χ2v) is 18.8. The summed E-state index contributed by atoms with van der Waals surface area (Å²) in [5, 5.41) is 1.36. The first-order valence-corrected chi connectivity index (χ1v) is 22.0. The molecule has 3 aliphatic rings. The van der Waals surface area contributed by atoms with Crippen molar-refractivity contribution in [3.05, 3.63) is 215 Å². The zero-order valence-corrected chi connectivity index (χ0v) is 35.1. The molecule has 0 bridgehead atoms. The molecule has 0 N–H and O–H groups in total. The predicted molar refractivity (Wildman–Crippen MR) is 255 cm³/mol. The van der Waals surface area contributed by atoms with E-state index in [1.54, 1.807) is 0 Å². The summed E-state index contributed by atoms with van der Waals surface area (Å²) < 4.78 is 1.37. The SMILES string of the molecule is CC1(C)c2ccccc2-c2ccc(N(c3ccc(-c4ccc5c(c4)Cc4ccccc4N5c4ccccc4)cc3)c3ccc4c(c3)C(C)(C)c3sc5ccccc5c3-4)cc21. The molecule has 2 nitrogen and oxygen atoms in total. The van der Waals surface area contributed by atoms with Gasteiger partial charge in [-0.25, -0.2) is 0 Å². The lowest BCUT2D eigenvalue weighted by molar-refractivity contribution is 0.660. The van der Waals surface area contributed by atoms with Gasteiger partial charge in [0.2, 0.25) is 0 Å². The van der Waals surface area contributed by atoms with Gasteiger partial charge >= 0.3 is 0 Å². The summed E-state index contributed by atoms with van der Waals surface area (Å²) in [6, 6.07) is 68.0. The number of para-hydroxylation sites is 2. The molecule has 1 aromatic heterocycles. The molecule has 8 aromatic carbocycles. The molecule has 288 valence electrons. The van der Waals surface area contributed by atoms with Gasteiger partial charge < -0.3 is 9.80 Å². The van der Waals surface area contributed by atoms with Crippen LogP contribution in [0.15, 0.2) is 182 Å².